The van der Waals surface area contributed by atoms with Crippen LogP contribution < -0.4 is 0 Å². The van der Waals surface area contributed by atoms with Gasteiger partial charge in [-0.3, -0.25) is 0 Å². The van der Waals surface area contributed by atoms with Crippen LogP contribution in [0.4, 0.5) is 0 Å². The molecule has 2 aromatic rings. The number of rotatable bonds is 3. The third kappa shape index (κ3) is 2.92. The van der Waals surface area contributed by atoms with Crippen molar-refractivity contribution >= 4 is 0 Å². The van der Waals surface area contributed by atoms with E-state index >= 15 is 0 Å². The van der Waals surface area contributed by atoms with Crippen LogP contribution in [-0.2, 0) is 15.9 Å². The van der Waals surface area contributed by atoms with Crippen LogP contribution in [0.25, 0.3) is 11.3 Å². The Morgan fingerprint density at radius 3 is 2.65 bits per heavy atom. The molecule has 1 aromatic heterocycles. The fourth-order valence-corrected chi connectivity index (χ4v) is 2.32. The van der Waals surface area contributed by atoms with Gasteiger partial charge in [-0.05, 0) is 20.8 Å². The van der Waals surface area contributed by atoms with Crippen molar-refractivity contribution < 1.29 is 13.9 Å². The molecule has 1 fully saturated rings. The molecule has 1 unspecified atom stereocenters. The predicted octanol–water partition coefficient (Wildman–Crippen LogP) is 3.34. The normalized spacial score (nSPS) is 21.2. The van der Waals surface area contributed by atoms with Gasteiger partial charge in [0, 0.05) is 5.56 Å². The molecule has 0 saturated carbocycles. The molecule has 3 rings (SSSR count). The summed E-state index contributed by atoms with van der Waals surface area (Å²) in [6.45, 7) is 6.48. The van der Waals surface area contributed by atoms with Crippen LogP contribution in [-0.4, -0.2) is 23.5 Å². The average molecular weight is 273 g/mol. The Morgan fingerprint density at radius 1 is 1.25 bits per heavy atom. The van der Waals surface area contributed by atoms with E-state index in [4.69, 9.17) is 13.9 Å². The van der Waals surface area contributed by atoms with Crippen molar-refractivity contribution in [2.75, 3.05) is 6.61 Å². The van der Waals surface area contributed by atoms with Crippen molar-refractivity contribution in [3.05, 3.63) is 42.0 Å². The number of benzene rings is 1. The van der Waals surface area contributed by atoms with E-state index in [1.54, 1.807) is 6.26 Å². The minimum atomic E-state index is -0.503. The lowest BCUT2D eigenvalue weighted by Crippen LogP contribution is -2.22. The summed E-state index contributed by atoms with van der Waals surface area (Å²) in [7, 11) is 0. The minimum Gasteiger partial charge on any atom is -0.448 e. The SMILES string of the molecule is Cc1ccc(-c2coc(CC3COC(C)(C)O3)n2)cc1. The number of nitrogens with zero attached hydrogens (tertiary/aromatic N) is 1. The Hall–Kier alpha value is -1.65. The number of aryl methyl sites for hydroxylation is 1. The van der Waals surface area contributed by atoms with Gasteiger partial charge in [-0.1, -0.05) is 29.8 Å². The van der Waals surface area contributed by atoms with Gasteiger partial charge in [-0.15, -0.1) is 0 Å². The minimum absolute atomic E-state index is 0.00881. The van der Waals surface area contributed by atoms with Gasteiger partial charge in [-0.25, -0.2) is 4.98 Å². The van der Waals surface area contributed by atoms with Crippen molar-refractivity contribution in [1.29, 1.82) is 0 Å². The molecule has 20 heavy (non-hydrogen) atoms. The van der Waals surface area contributed by atoms with Crippen molar-refractivity contribution in [2.24, 2.45) is 0 Å². The number of oxazole rings is 1. The molecule has 106 valence electrons. The first-order chi connectivity index (χ1) is 9.52. The molecule has 4 nitrogen and oxygen atoms in total. The highest BCUT2D eigenvalue weighted by atomic mass is 16.7. The van der Waals surface area contributed by atoms with Gasteiger partial charge in [0.1, 0.15) is 12.0 Å². The molecule has 1 aromatic carbocycles. The van der Waals surface area contributed by atoms with Gasteiger partial charge in [0.25, 0.3) is 0 Å². The maximum Gasteiger partial charge on any atom is 0.197 e. The van der Waals surface area contributed by atoms with Crippen molar-refractivity contribution in [3.8, 4) is 11.3 Å². The molecule has 4 heteroatoms. The van der Waals surface area contributed by atoms with Crippen LogP contribution in [0, 0.1) is 6.92 Å². The molecule has 1 atom stereocenters. The molecular formula is C16H19NO3. The van der Waals surface area contributed by atoms with E-state index in [0.717, 1.165) is 11.3 Å². The number of ether oxygens (including phenoxy) is 2. The Bertz CT molecular complexity index is 586. The van der Waals surface area contributed by atoms with Crippen LogP contribution in [0.2, 0.25) is 0 Å². The largest absolute Gasteiger partial charge is 0.448 e. The summed E-state index contributed by atoms with van der Waals surface area (Å²) in [5.41, 5.74) is 3.16. The summed E-state index contributed by atoms with van der Waals surface area (Å²) >= 11 is 0. The summed E-state index contributed by atoms with van der Waals surface area (Å²) in [4.78, 5) is 4.52. The molecule has 0 N–H and O–H groups in total. The zero-order chi connectivity index (χ0) is 14.2. The van der Waals surface area contributed by atoms with Crippen molar-refractivity contribution in [1.82, 2.24) is 4.98 Å². The van der Waals surface area contributed by atoms with Gasteiger partial charge in [0.2, 0.25) is 0 Å². The summed E-state index contributed by atoms with van der Waals surface area (Å²) in [5, 5.41) is 0. The fraction of sp³-hybridized carbons (Fsp3) is 0.438. The van der Waals surface area contributed by atoms with E-state index in [1.165, 1.54) is 5.56 Å². The maximum atomic E-state index is 5.76. The van der Waals surface area contributed by atoms with Crippen LogP contribution in [0.5, 0.6) is 0 Å². The van der Waals surface area contributed by atoms with Crippen LogP contribution in [0.3, 0.4) is 0 Å². The molecule has 0 amide bonds. The number of hydrogen-bond donors (Lipinski definition) is 0. The molecule has 0 bridgehead atoms. The molecule has 1 aliphatic heterocycles. The van der Waals surface area contributed by atoms with E-state index in [-0.39, 0.29) is 6.10 Å². The second-order valence-corrected chi connectivity index (χ2v) is 5.65. The Morgan fingerprint density at radius 2 is 2.00 bits per heavy atom. The summed E-state index contributed by atoms with van der Waals surface area (Å²) in [6.07, 6.45) is 2.34. The predicted molar refractivity (Wildman–Crippen MR) is 75.3 cm³/mol. The quantitative estimate of drug-likeness (QED) is 0.860. The molecule has 0 spiro atoms. The summed E-state index contributed by atoms with van der Waals surface area (Å²) in [5.74, 6) is 0.184. The lowest BCUT2D eigenvalue weighted by molar-refractivity contribution is -0.138. The van der Waals surface area contributed by atoms with E-state index in [0.29, 0.717) is 18.9 Å². The third-order valence-electron chi connectivity index (χ3n) is 3.37. The first-order valence-electron chi connectivity index (χ1n) is 6.85. The summed E-state index contributed by atoms with van der Waals surface area (Å²) < 4.78 is 16.8. The van der Waals surface area contributed by atoms with E-state index < -0.39 is 5.79 Å². The average Bonchev–Trinajstić information content (AvgIpc) is 2.98. The van der Waals surface area contributed by atoms with Crippen molar-refractivity contribution in [3.63, 3.8) is 0 Å². The van der Waals surface area contributed by atoms with Crippen LogP contribution in [0.1, 0.15) is 25.3 Å². The Labute approximate surface area is 118 Å². The lowest BCUT2D eigenvalue weighted by Gasteiger charge is -2.16. The Balaban J connectivity index is 1.70. The molecular weight excluding hydrogens is 254 g/mol. The number of aromatic nitrogens is 1. The first kappa shape index (κ1) is 13.3. The maximum absolute atomic E-state index is 5.76. The lowest BCUT2D eigenvalue weighted by atomic mass is 10.1. The van der Waals surface area contributed by atoms with Gasteiger partial charge in [-0.2, -0.15) is 0 Å². The van der Waals surface area contributed by atoms with Crippen LogP contribution in [0.15, 0.2) is 34.9 Å². The highest BCUT2D eigenvalue weighted by molar-refractivity contribution is 5.58. The highest BCUT2D eigenvalue weighted by Gasteiger charge is 2.33. The summed E-state index contributed by atoms with van der Waals surface area (Å²) in [6, 6.07) is 8.24. The van der Waals surface area contributed by atoms with E-state index in [2.05, 4.69) is 36.2 Å². The van der Waals surface area contributed by atoms with Gasteiger partial charge >= 0.3 is 0 Å². The van der Waals surface area contributed by atoms with Gasteiger partial charge in [0.15, 0.2) is 11.7 Å². The van der Waals surface area contributed by atoms with Gasteiger partial charge < -0.3 is 13.9 Å². The topological polar surface area (TPSA) is 44.5 Å². The fourth-order valence-electron chi connectivity index (χ4n) is 2.32. The smallest absolute Gasteiger partial charge is 0.197 e. The van der Waals surface area contributed by atoms with Gasteiger partial charge in [0.05, 0.1) is 19.1 Å². The molecule has 1 aliphatic rings. The molecule has 1 saturated heterocycles. The molecule has 2 heterocycles. The first-order valence-corrected chi connectivity index (χ1v) is 6.85. The number of hydrogen-bond acceptors (Lipinski definition) is 4. The zero-order valence-corrected chi connectivity index (χ0v) is 12.1. The van der Waals surface area contributed by atoms with E-state index in [9.17, 15) is 0 Å². The second-order valence-electron chi connectivity index (χ2n) is 5.65. The highest BCUT2D eigenvalue weighted by Crippen LogP contribution is 2.25. The standard InChI is InChI=1S/C16H19NO3/c1-11-4-6-12(7-5-11)14-10-18-15(17-14)8-13-9-19-16(2,3)20-13/h4-7,10,13H,8-9H2,1-3H3. The zero-order valence-electron chi connectivity index (χ0n) is 12.1. The third-order valence-corrected chi connectivity index (χ3v) is 3.37. The molecule has 0 radical (unpaired) electrons. The Kier molecular flexibility index (Phi) is 3.36. The monoisotopic (exact) mass is 273 g/mol. The molecule has 0 aliphatic carbocycles. The van der Waals surface area contributed by atoms with Crippen LogP contribution >= 0.6 is 0 Å². The van der Waals surface area contributed by atoms with Crippen molar-refractivity contribution in [2.45, 2.75) is 39.1 Å². The van der Waals surface area contributed by atoms with E-state index in [1.807, 2.05) is 13.8 Å². The second kappa shape index (κ2) is 5.04.